The van der Waals surface area contributed by atoms with Gasteiger partial charge in [-0.3, -0.25) is 10.1 Å². The van der Waals surface area contributed by atoms with Crippen molar-refractivity contribution in [3.8, 4) is 11.5 Å². The van der Waals surface area contributed by atoms with E-state index in [1.165, 1.54) is 7.11 Å². The van der Waals surface area contributed by atoms with E-state index in [0.717, 1.165) is 11.1 Å². The first kappa shape index (κ1) is 17.1. The maximum atomic E-state index is 12.7. The van der Waals surface area contributed by atoms with Crippen LogP contribution in [0.1, 0.15) is 28.2 Å². The maximum Gasteiger partial charge on any atom is 0.365 e. The lowest BCUT2D eigenvalue weighted by Gasteiger charge is -2.12. The predicted molar refractivity (Wildman–Crippen MR) is 98.2 cm³/mol. The molecule has 0 radical (unpaired) electrons. The molecule has 0 bridgehead atoms. The number of benzene rings is 2. The number of hydrogen-bond acceptors (Lipinski definition) is 6. The van der Waals surface area contributed by atoms with Gasteiger partial charge in [-0.15, -0.1) is 0 Å². The van der Waals surface area contributed by atoms with Gasteiger partial charge in [0.05, 0.1) is 23.0 Å². The Bertz CT molecular complexity index is 1120. The van der Waals surface area contributed by atoms with Crippen LogP contribution in [0.25, 0.3) is 11.0 Å². The van der Waals surface area contributed by atoms with E-state index < -0.39 is 22.7 Å². The molecule has 3 aromatic rings. The number of aryl methyl sites for hydroxylation is 2. The number of nitro groups is 1. The second-order valence-corrected chi connectivity index (χ2v) is 6.63. The molecule has 0 spiro atoms. The summed E-state index contributed by atoms with van der Waals surface area (Å²) in [6, 6.07) is 10.4. The van der Waals surface area contributed by atoms with Gasteiger partial charge in [0.15, 0.2) is 0 Å². The van der Waals surface area contributed by atoms with Crippen molar-refractivity contribution in [2.45, 2.75) is 26.0 Å². The fourth-order valence-electron chi connectivity index (χ4n) is 3.71. The molecule has 138 valence electrons. The van der Waals surface area contributed by atoms with E-state index >= 15 is 0 Å². The minimum absolute atomic E-state index is 0.182. The van der Waals surface area contributed by atoms with E-state index in [2.05, 4.69) is 0 Å². The minimum atomic E-state index is -1.40. The molecule has 0 unspecified atom stereocenters. The number of nitrogens with zero attached hydrogens (tertiary/aromatic N) is 1. The summed E-state index contributed by atoms with van der Waals surface area (Å²) in [5, 5.41) is 12.3. The molecule has 2 aromatic carbocycles. The zero-order valence-electron chi connectivity index (χ0n) is 15.0. The van der Waals surface area contributed by atoms with Crippen LogP contribution < -0.4 is 15.1 Å². The van der Waals surface area contributed by atoms with Crippen molar-refractivity contribution < 1.29 is 18.8 Å². The molecule has 0 saturated carbocycles. The molecular weight excluding hydrogens is 350 g/mol. The van der Waals surface area contributed by atoms with Crippen LogP contribution in [0.4, 0.5) is 0 Å². The van der Waals surface area contributed by atoms with E-state index in [0.29, 0.717) is 22.3 Å². The van der Waals surface area contributed by atoms with Crippen LogP contribution in [0.15, 0.2) is 45.6 Å². The van der Waals surface area contributed by atoms with Gasteiger partial charge < -0.3 is 13.9 Å². The molecule has 27 heavy (non-hydrogen) atoms. The van der Waals surface area contributed by atoms with E-state index in [-0.39, 0.29) is 11.3 Å². The number of ether oxygens (including phenoxy) is 2. The Hall–Kier alpha value is -3.35. The van der Waals surface area contributed by atoms with Crippen LogP contribution in [0.3, 0.4) is 0 Å². The zero-order chi connectivity index (χ0) is 19.3. The summed E-state index contributed by atoms with van der Waals surface area (Å²) in [5.74, 6) is -0.00376. The van der Waals surface area contributed by atoms with Gasteiger partial charge in [-0.1, -0.05) is 18.2 Å². The van der Waals surface area contributed by atoms with Crippen LogP contribution in [0.2, 0.25) is 0 Å². The molecule has 0 amide bonds. The minimum Gasteiger partial charge on any atom is -0.497 e. The Morgan fingerprint density at radius 1 is 1.15 bits per heavy atom. The van der Waals surface area contributed by atoms with Crippen LogP contribution in [0.5, 0.6) is 11.5 Å². The number of methoxy groups -OCH3 is 1. The third-order valence-electron chi connectivity index (χ3n) is 4.86. The van der Waals surface area contributed by atoms with Gasteiger partial charge in [0.1, 0.15) is 23.0 Å². The maximum absolute atomic E-state index is 12.7. The highest BCUT2D eigenvalue weighted by Gasteiger charge is 2.47. The van der Waals surface area contributed by atoms with E-state index in [9.17, 15) is 14.9 Å². The second kappa shape index (κ2) is 6.12. The lowest BCUT2D eigenvalue weighted by molar-refractivity contribution is -0.561. The molecule has 7 nitrogen and oxygen atoms in total. The molecule has 1 aromatic heterocycles. The molecule has 2 atom stereocenters. The first-order valence-corrected chi connectivity index (χ1v) is 8.42. The van der Waals surface area contributed by atoms with Gasteiger partial charge in [-0.25, -0.2) is 4.79 Å². The number of fused-ring (bicyclic) bond motifs is 3. The second-order valence-electron chi connectivity index (χ2n) is 6.63. The molecule has 0 N–H and O–H groups in total. The number of hydrogen-bond donors (Lipinski definition) is 0. The topological polar surface area (TPSA) is 91.8 Å². The lowest BCUT2D eigenvalue weighted by atomic mass is 9.91. The Morgan fingerprint density at radius 2 is 1.85 bits per heavy atom. The third-order valence-corrected chi connectivity index (χ3v) is 4.86. The SMILES string of the molecule is COc1ccc([C@@H]2c3c(c4c(C)cc(C)cc4oc3=O)O[C@H]2[N+](=O)[O-])cc1. The first-order valence-electron chi connectivity index (χ1n) is 8.42. The standard InChI is InChI=1S/C20H17NO6/c1-10-8-11(2)15-14(9-10)26-20(22)17-16(19(21(23)24)27-18(15)17)12-4-6-13(25-3)7-5-12/h4-9,16,19H,1-3H3/t16-,19-/m1/s1. The van der Waals surface area contributed by atoms with Crippen molar-refractivity contribution in [3.05, 3.63) is 79.2 Å². The molecule has 1 aliphatic rings. The molecule has 1 aliphatic heterocycles. The van der Waals surface area contributed by atoms with Crippen molar-refractivity contribution >= 4 is 11.0 Å². The fraction of sp³-hybridized carbons (Fsp3) is 0.250. The van der Waals surface area contributed by atoms with Crippen LogP contribution in [0, 0.1) is 24.0 Å². The Kier molecular flexibility index (Phi) is 3.87. The molecular formula is C20H17NO6. The highest BCUT2D eigenvalue weighted by Crippen LogP contribution is 2.45. The monoisotopic (exact) mass is 367 g/mol. The Morgan fingerprint density at radius 3 is 2.48 bits per heavy atom. The van der Waals surface area contributed by atoms with E-state index in [1.54, 1.807) is 30.3 Å². The summed E-state index contributed by atoms with van der Waals surface area (Å²) in [7, 11) is 1.54. The summed E-state index contributed by atoms with van der Waals surface area (Å²) >= 11 is 0. The Labute approximate surface area is 154 Å². The van der Waals surface area contributed by atoms with Gasteiger partial charge in [0.25, 0.3) is 0 Å². The van der Waals surface area contributed by atoms with Crippen molar-refractivity contribution in [1.29, 1.82) is 0 Å². The molecule has 2 heterocycles. The van der Waals surface area contributed by atoms with Crippen molar-refractivity contribution in [2.75, 3.05) is 7.11 Å². The Balaban J connectivity index is 2.00. The van der Waals surface area contributed by atoms with Gasteiger partial charge in [-0.2, -0.15) is 0 Å². The van der Waals surface area contributed by atoms with E-state index in [4.69, 9.17) is 13.9 Å². The van der Waals surface area contributed by atoms with Crippen LogP contribution in [-0.2, 0) is 0 Å². The summed E-state index contributed by atoms with van der Waals surface area (Å²) in [6.45, 7) is 3.75. The number of rotatable bonds is 3. The first-order chi connectivity index (χ1) is 12.9. The highest BCUT2D eigenvalue weighted by atomic mass is 16.7. The van der Waals surface area contributed by atoms with Crippen molar-refractivity contribution in [1.82, 2.24) is 0 Å². The van der Waals surface area contributed by atoms with E-state index in [1.807, 2.05) is 19.9 Å². The van der Waals surface area contributed by atoms with Gasteiger partial charge in [0.2, 0.25) is 0 Å². The highest BCUT2D eigenvalue weighted by molar-refractivity contribution is 5.89. The average Bonchev–Trinajstić information content (AvgIpc) is 3.02. The summed E-state index contributed by atoms with van der Waals surface area (Å²) < 4.78 is 16.4. The van der Waals surface area contributed by atoms with Crippen molar-refractivity contribution in [2.24, 2.45) is 0 Å². The molecule has 0 fully saturated rings. The summed E-state index contributed by atoms with van der Waals surface area (Å²) in [6.07, 6.45) is -1.40. The smallest absolute Gasteiger partial charge is 0.365 e. The van der Waals surface area contributed by atoms with Gasteiger partial charge >= 0.3 is 11.9 Å². The van der Waals surface area contributed by atoms with Crippen LogP contribution in [-0.4, -0.2) is 18.3 Å². The quantitative estimate of drug-likeness (QED) is 0.399. The normalized spacial score (nSPS) is 18.2. The lowest BCUT2D eigenvalue weighted by Crippen LogP contribution is -2.29. The fourth-order valence-corrected chi connectivity index (χ4v) is 3.71. The molecule has 4 rings (SSSR count). The summed E-state index contributed by atoms with van der Waals surface area (Å²) in [5.41, 5.74) is 2.29. The molecule has 7 heteroatoms. The predicted octanol–water partition coefficient (Wildman–Crippen LogP) is 3.55. The molecule has 0 aliphatic carbocycles. The van der Waals surface area contributed by atoms with Crippen LogP contribution >= 0.6 is 0 Å². The average molecular weight is 367 g/mol. The van der Waals surface area contributed by atoms with Gasteiger partial charge in [-0.05, 0) is 48.7 Å². The third kappa shape index (κ3) is 2.63. The zero-order valence-corrected chi connectivity index (χ0v) is 15.0. The molecule has 0 saturated heterocycles. The van der Waals surface area contributed by atoms with Crippen molar-refractivity contribution in [3.63, 3.8) is 0 Å². The van der Waals surface area contributed by atoms with Gasteiger partial charge in [0, 0.05) is 0 Å². The largest absolute Gasteiger partial charge is 0.497 e. The summed E-state index contributed by atoms with van der Waals surface area (Å²) in [4.78, 5) is 23.9.